The topological polar surface area (TPSA) is 18.5 Å². The molecular formula is C36H76O2Si. The smallest absolute Gasteiger partial charge is 0.338 e. The summed E-state index contributed by atoms with van der Waals surface area (Å²) in [5.41, 5.74) is 0. The highest BCUT2D eigenvalue weighted by atomic mass is 28.4. The molecule has 236 valence electrons. The molecule has 2 nitrogen and oxygen atoms in total. The largest absolute Gasteiger partial charge is 0.394 e. The molecule has 0 atom stereocenters. The molecule has 0 fully saturated rings. The van der Waals surface area contributed by atoms with E-state index in [-0.39, 0.29) is 0 Å². The van der Waals surface area contributed by atoms with Gasteiger partial charge >= 0.3 is 8.56 Å². The first kappa shape index (κ1) is 39.1. The van der Waals surface area contributed by atoms with E-state index in [1.807, 2.05) is 0 Å². The Morgan fingerprint density at radius 3 is 0.692 bits per heavy atom. The van der Waals surface area contributed by atoms with Crippen LogP contribution in [-0.2, 0) is 8.85 Å². The van der Waals surface area contributed by atoms with Gasteiger partial charge in [-0.25, -0.2) is 0 Å². The third kappa shape index (κ3) is 28.0. The van der Waals surface area contributed by atoms with E-state index >= 15 is 0 Å². The zero-order chi connectivity index (χ0) is 28.5. The van der Waals surface area contributed by atoms with Crippen LogP contribution in [0, 0.1) is 0 Å². The van der Waals surface area contributed by atoms with Gasteiger partial charge in [-0.05, 0) is 25.9 Å². The first-order valence-corrected chi connectivity index (χ1v) is 20.8. The van der Waals surface area contributed by atoms with Gasteiger partial charge in [0.05, 0.1) is 0 Å². The van der Waals surface area contributed by atoms with Crippen molar-refractivity contribution in [3.63, 3.8) is 0 Å². The summed E-state index contributed by atoms with van der Waals surface area (Å²) in [6.45, 7) is 10.6. The molecule has 3 heteroatoms. The zero-order valence-electron chi connectivity index (χ0n) is 27.9. The van der Waals surface area contributed by atoms with Crippen molar-refractivity contribution in [2.45, 2.75) is 220 Å². The summed E-state index contributed by atoms with van der Waals surface area (Å²) in [7, 11) is -2.00. The SMILES string of the molecule is CCCCCCCCCCCCCCCCCCCC[Si](CCCCCCCCCCCC)(OCC)OCC. The third-order valence-electron chi connectivity index (χ3n) is 8.64. The van der Waals surface area contributed by atoms with Crippen molar-refractivity contribution in [2.24, 2.45) is 0 Å². The summed E-state index contributed by atoms with van der Waals surface area (Å²) in [5, 5.41) is 0. The molecule has 39 heavy (non-hydrogen) atoms. The average Bonchev–Trinajstić information content (AvgIpc) is 2.93. The van der Waals surface area contributed by atoms with Gasteiger partial charge < -0.3 is 8.85 Å². The van der Waals surface area contributed by atoms with Crippen LogP contribution in [0.1, 0.15) is 207 Å². The van der Waals surface area contributed by atoms with Gasteiger partial charge in [0.1, 0.15) is 0 Å². The molecule has 0 aromatic rings. The van der Waals surface area contributed by atoms with Crippen LogP contribution < -0.4 is 0 Å². The Balaban J connectivity index is 3.71. The Morgan fingerprint density at radius 1 is 0.282 bits per heavy atom. The normalized spacial score (nSPS) is 12.0. The van der Waals surface area contributed by atoms with Crippen LogP contribution in [-0.4, -0.2) is 21.8 Å². The Hall–Kier alpha value is 0.137. The van der Waals surface area contributed by atoms with Crippen molar-refractivity contribution in [1.82, 2.24) is 0 Å². The van der Waals surface area contributed by atoms with E-state index in [2.05, 4.69) is 27.7 Å². The first-order chi connectivity index (χ1) is 19.2. The lowest BCUT2D eigenvalue weighted by Gasteiger charge is -2.30. The second-order valence-corrected chi connectivity index (χ2v) is 15.9. The second kappa shape index (κ2) is 32.6. The number of rotatable bonds is 34. The molecule has 0 heterocycles. The van der Waals surface area contributed by atoms with Crippen molar-refractivity contribution in [3.8, 4) is 0 Å². The van der Waals surface area contributed by atoms with Crippen molar-refractivity contribution >= 4 is 8.56 Å². The fourth-order valence-corrected chi connectivity index (χ4v) is 9.70. The Labute approximate surface area is 249 Å². The van der Waals surface area contributed by atoms with Crippen molar-refractivity contribution in [3.05, 3.63) is 0 Å². The summed E-state index contributed by atoms with van der Waals surface area (Å²) in [6.07, 6.45) is 39.9. The van der Waals surface area contributed by atoms with E-state index in [4.69, 9.17) is 8.85 Å². The predicted molar refractivity (Wildman–Crippen MR) is 179 cm³/mol. The molecule has 0 saturated carbocycles. The van der Waals surface area contributed by atoms with Gasteiger partial charge in [-0.15, -0.1) is 0 Å². The van der Waals surface area contributed by atoms with Crippen LogP contribution in [0.25, 0.3) is 0 Å². The minimum atomic E-state index is -2.00. The van der Waals surface area contributed by atoms with E-state index in [1.54, 1.807) is 0 Å². The highest BCUT2D eigenvalue weighted by molar-refractivity contribution is 6.67. The van der Waals surface area contributed by atoms with Crippen LogP contribution in [0.3, 0.4) is 0 Å². The van der Waals surface area contributed by atoms with Gasteiger partial charge in [-0.2, -0.15) is 0 Å². The highest BCUT2D eigenvalue weighted by Crippen LogP contribution is 2.26. The first-order valence-electron chi connectivity index (χ1n) is 18.5. The fourth-order valence-electron chi connectivity index (χ4n) is 6.16. The molecule has 0 bridgehead atoms. The average molecular weight is 569 g/mol. The van der Waals surface area contributed by atoms with Crippen LogP contribution >= 0.6 is 0 Å². The highest BCUT2D eigenvalue weighted by Gasteiger charge is 2.35. The molecule has 0 aliphatic rings. The monoisotopic (exact) mass is 569 g/mol. The molecule has 0 aliphatic heterocycles. The Bertz CT molecular complexity index is 436. The summed E-state index contributed by atoms with van der Waals surface area (Å²) >= 11 is 0. The Morgan fingerprint density at radius 2 is 0.487 bits per heavy atom. The Kier molecular flexibility index (Phi) is 32.8. The van der Waals surface area contributed by atoms with Crippen LogP contribution in [0.4, 0.5) is 0 Å². The molecule has 0 aliphatic carbocycles. The van der Waals surface area contributed by atoms with E-state index in [0.29, 0.717) is 0 Å². The van der Waals surface area contributed by atoms with Gasteiger partial charge in [0, 0.05) is 13.2 Å². The quantitative estimate of drug-likeness (QED) is 0.0567. The zero-order valence-corrected chi connectivity index (χ0v) is 28.9. The molecule has 0 radical (unpaired) electrons. The maximum atomic E-state index is 6.40. The lowest BCUT2D eigenvalue weighted by Crippen LogP contribution is -2.42. The summed E-state index contributed by atoms with van der Waals surface area (Å²) in [4.78, 5) is 0. The van der Waals surface area contributed by atoms with Gasteiger partial charge in [-0.3, -0.25) is 0 Å². The molecular weight excluding hydrogens is 492 g/mol. The minimum Gasteiger partial charge on any atom is -0.394 e. The maximum Gasteiger partial charge on any atom is 0.338 e. The molecule has 0 saturated heterocycles. The maximum absolute atomic E-state index is 6.40. The molecule has 0 aromatic carbocycles. The number of hydrogen-bond donors (Lipinski definition) is 0. The molecule has 0 aromatic heterocycles. The molecule has 0 amide bonds. The van der Waals surface area contributed by atoms with Gasteiger partial charge in [-0.1, -0.05) is 194 Å². The van der Waals surface area contributed by atoms with Gasteiger partial charge in [0.2, 0.25) is 0 Å². The van der Waals surface area contributed by atoms with E-state index < -0.39 is 8.56 Å². The standard InChI is InChI=1S/C36H76O2Si/c1-5-9-11-13-15-17-19-20-21-22-23-24-25-26-28-30-32-34-36-39(37-7-3,38-8-4)35-33-31-29-27-18-16-14-12-10-6-2/h5-36H2,1-4H3. The lowest BCUT2D eigenvalue weighted by atomic mass is 10.0. The van der Waals surface area contributed by atoms with E-state index in [9.17, 15) is 0 Å². The van der Waals surface area contributed by atoms with Gasteiger partial charge in [0.15, 0.2) is 0 Å². The molecule has 0 N–H and O–H groups in total. The van der Waals surface area contributed by atoms with Crippen LogP contribution in [0.15, 0.2) is 0 Å². The summed E-state index contributed by atoms with van der Waals surface area (Å²) in [6, 6.07) is 2.43. The fraction of sp³-hybridized carbons (Fsp3) is 1.00. The van der Waals surface area contributed by atoms with Gasteiger partial charge in [0.25, 0.3) is 0 Å². The second-order valence-electron chi connectivity index (χ2n) is 12.5. The minimum absolute atomic E-state index is 0.822. The lowest BCUT2D eigenvalue weighted by molar-refractivity contribution is 0.180. The predicted octanol–water partition coefficient (Wildman–Crippen LogP) is 13.5. The third-order valence-corrected chi connectivity index (χ3v) is 12.5. The van der Waals surface area contributed by atoms with Crippen LogP contribution in [0.2, 0.25) is 12.1 Å². The van der Waals surface area contributed by atoms with Crippen molar-refractivity contribution in [1.29, 1.82) is 0 Å². The van der Waals surface area contributed by atoms with Crippen LogP contribution in [0.5, 0.6) is 0 Å². The molecule has 0 unspecified atom stereocenters. The summed E-state index contributed by atoms with van der Waals surface area (Å²) in [5.74, 6) is 0. The van der Waals surface area contributed by atoms with Crippen molar-refractivity contribution < 1.29 is 8.85 Å². The molecule has 0 spiro atoms. The number of hydrogen-bond acceptors (Lipinski definition) is 2. The molecule has 0 rings (SSSR count). The van der Waals surface area contributed by atoms with E-state index in [1.165, 1.54) is 192 Å². The summed E-state index contributed by atoms with van der Waals surface area (Å²) < 4.78 is 12.8. The van der Waals surface area contributed by atoms with Crippen molar-refractivity contribution in [2.75, 3.05) is 13.2 Å². The van der Waals surface area contributed by atoms with E-state index in [0.717, 1.165) is 13.2 Å². The number of unbranched alkanes of at least 4 members (excludes halogenated alkanes) is 26.